The van der Waals surface area contributed by atoms with E-state index in [-0.39, 0.29) is 17.6 Å². The van der Waals surface area contributed by atoms with Crippen LogP contribution in [0.2, 0.25) is 0 Å². The van der Waals surface area contributed by atoms with E-state index in [0.29, 0.717) is 34.5 Å². The Morgan fingerprint density at radius 1 is 1.00 bits per heavy atom. The number of carbonyl (C=O) groups excluding carboxylic acids is 2. The van der Waals surface area contributed by atoms with Gasteiger partial charge in [0.2, 0.25) is 0 Å². The number of ether oxygens (including phenoxy) is 3. The van der Waals surface area contributed by atoms with Crippen molar-refractivity contribution in [2.45, 2.75) is 19.8 Å². The molecule has 168 valence electrons. The highest BCUT2D eigenvalue weighted by molar-refractivity contribution is 7.14. The van der Waals surface area contributed by atoms with Crippen LogP contribution in [0.1, 0.15) is 40.6 Å². The summed E-state index contributed by atoms with van der Waals surface area (Å²) in [4.78, 5) is 28.8. The van der Waals surface area contributed by atoms with Crippen LogP contribution in [-0.2, 0) is 4.74 Å². The molecule has 0 saturated carbocycles. The summed E-state index contributed by atoms with van der Waals surface area (Å²) in [5.41, 5.74) is 2.03. The Kier molecular flexibility index (Phi) is 8.04. The number of esters is 1. The molecule has 2 aromatic carbocycles. The minimum Gasteiger partial charge on any atom is -0.493 e. The summed E-state index contributed by atoms with van der Waals surface area (Å²) in [7, 11) is 3.14. The van der Waals surface area contributed by atoms with E-state index in [2.05, 4.69) is 15.6 Å². The molecule has 0 spiro atoms. The summed E-state index contributed by atoms with van der Waals surface area (Å²) < 4.78 is 15.7. The highest BCUT2D eigenvalue weighted by Gasteiger charge is 2.13. The van der Waals surface area contributed by atoms with Gasteiger partial charge in [0, 0.05) is 22.8 Å². The van der Waals surface area contributed by atoms with Crippen LogP contribution < -0.4 is 20.1 Å². The van der Waals surface area contributed by atoms with E-state index < -0.39 is 0 Å². The molecular weight excluding hydrogens is 430 g/mol. The Hall–Kier alpha value is -3.59. The number of nitrogens with zero attached hydrogens (tertiary/aromatic N) is 1. The second-order valence-electron chi connectivity index (χ2n) is 6.75. The monoisotopic (exact) mass is 455 g/mol. The fraction of sp³-hybridized carbons (Fsp3) is 0.261. The summed E-state index contributed by atoms with van der Waals surface area (Å²) in [5.74, 6) is 0.490. The average molecular weight is 456 g/mol. The van der Waals surface area contributed by atoms with Gasteiger partial charge in [-0.1, -0.05) is 13.3 Å². The number of aromatic nitrogens is 1. The van der Waals surface area contributed by atoms with E-state index in [0.717, 1.165) is 18.5 Å². The predicted molar refractivity (Wildman–Crippen MR) is 125 cm³/mol. The maximum atomic E-state index is 12.5. The standard InChI is InChI=1S/C23H25N3O5S/c1-4-5-12-31-22(28)15-6-8-16(9-7-15)24-21(27)18-14-32-23(26-18)25-17-10-11-19(29-2)20(13-17)30-3/h6-11,13-14H,4-5,12H2,1-3H3,(H,24,27)(H,25,26). The second kappa shape index (κ2) is 11.1. The molecule has 3 aromatic rings. The Morgan fingerprint density at radius 3 is 2.41 bits per heavy atom. The molecule has 1 heterocycles. The second-order valence-corrected chi connectivity index (χ2v) is 7.61. The Morgan fingerprint density at radius 2 is 1.72 bits per heavy atom. The zero-order chi connectivity index (χ0) is 22.9. The lowest BCUT2D eigenvalue weighted by atomic mass is 10.2. The van der Waals surface area contributed by atoms with Crippen molar-refractivity contribution < 1.29 is 23.8 Å². The number of nitrogens with one attached hydrogen (secondary N) is 2. The molecule has 0 atom stereocenters. The molecule has 0 saturated heterocycles. The number of carbonyl (C=O) groups is 2. The molecule has 3 rings (SSSR count). The molecule has 9 heteroatoms. The van der Waals surface area contributed by atoms with Crippen LogP contribution in [0.15, 0.2) is 47.8 Å². The SMILES string of the molecule is CCCCOC(=O)c1ccc(NC(=O)c2csc(Nc3ccc(OC)c(OC)c3)n2)cc1. The summed E-state index contributed by atoms with van der Waals surface area (Å²) in [6, 6.07) is 12.0. The van der Waals surface area contributed by atoms with E-state index in [1.807, 2.05) is 13.0 Å². The lowest BCUT2D eigenvalue weighted by Crippen LogP contribution is -2.13. The first-order valence-electron chi connectivity index (χ1n) is 10.1. The zero-order valence-electron chi connectivity index (χ0n) is 18.1. The minimum atomic E-state index is -0.373. The van der Waals surface area contributed by atoms with E-state index in [1.165, 1.54) is 11.3 Å². The van der Waals surface area contributed by atoms with Gasteiger partial charge in [-0.2, -0.15) is 0 Å². The Labute approximate surface area is 190 Å². The molecule has 1 amide bonds. The molecule has 0 aliphatic carbocycles. The summed E-state index contributed by atoms with van der Waals surface area (Å²) in [6.07, 6.45) is 1.79. The van der Waals surface area contributed by atoms with Crippen molar-refractivity contribution in [1.29, 1.82) is 0 Å². The van der Waals surface area contributed by atoms with Gasteiger partial charge in [-0.15, -0.1) is 11.3 Å². The molecule has 8 nitrogen and oxygen atoms in total. The first-order chi connectivity index (χ1) is 15.5. The third-order valence-electron chi connectivity index (χ3n) is 4.48. The van der Waals surface area contributed by atoms with Gasteiger partial charge < -0.3 is 24.8 Å². The molecular formula is C23H25N3O5S. The number of thiazole rings is 1. The zero-order valence-corrected chi connectivity index (χ0v) is 19.0. The smallest absolute Gasteiger partial charge is 0.338 e. The van der Waals surface area contributed by atoms with Gasteiger partial charge in [0.25, 0.3) is 5.91 Å². The van der Waals surface area contributed by atoms with E-state index in [1.54, 1.807) is 56.0 Å². The fourth-order valence-corrected chi connectivity index (χ4v) is 3.46. The van der Waals surface area contributed by atoms with Crippen LogP contribution in [0.3, 0.4) is 0 Å². The van der Waals surface area contributed by atoms with Crippen LogP contribution in [0.4, 0.5) is 16.5 Å². The number of benzene rings is 2. The summed E-state index contributed by atoms with van der Waals surface area (Å²) in [6.45, 7) is 2.43. The van der Waals surface area contributed by atoms with Crippen molar-refractivity contribution in [2.24, 2.45) is 0 Å². The number of hydrogen-bond acceptors (Lipinski definition) is 8. The number of unbranched alkanes of at least 4 members (excludes halogenated alkanes) is 1. The van der Waals surface area contributed by atoms with Crippen molar-refractivity contribution in [3.8, 4) is 11.5 Å². The van der Waals surface area contributed by atoms with Gasteiger partial charge in [-0.25, -0.2) is 9.78 Å². The number of methoxy groups -OCH3 is 2. The van der Waals surface area contributed by atoms with Crippen molar-refractivity contribution in [2.75, 3.05) is 31.5 Å². The van der Waals surface area contributed by atoms with Gasteiger partial charge in [0.1, 0.15) is 5.69 Å². The van der Waals surface area contributed by atoms with E-state index in [4.69, 9.17) is 14.2 Å². The normalized spacial score (nSPS) is 10.3. The molecule has 32 heavy (non-hydrogen) atoms. The number of amides is 1. The number of anilines is 3. The minimum absolute atomic E-state index is 0.279. The molecule has 0 fully saturated rings. The van der Waals surface area contributed by atoms with Crippen molar-refractivity contribution >= 4 is 39.7 Å². The number of hydrogen-bond donors (Lipinski definition) is 2. The van der Waals surface area contributed by atoms with Gasteiger partial charge in [0.05, 0.1) is 26.4 Å². The summed E-state index contributed by atoms with van der Waals surface area (Å²) >= 11 is 1.31. The highest BCUT2D eigenvalue weighted by atomic mass is 32.1. The largest absolute Gasteiger partial charge is 0.493 e. The maximum Gasteiger partial charge on any atom is 0.338 e. The van der Waals surface area contributed by atoms with E-state index in [9.17, 15) is 9.59 Å². The Balaban J connectivity index is 1.59. The topological polar surface area (TPSA) is 98.8 Å². The molecule has 0 unspecified atom stereocenters. The quantitative estimate of drug-likeness (QED) is 0.324. The fourth-order valence-electron chi connectivity index (χ4n) is 2.75. The lowest BCUT2D eigenvalue weighted by Gasteiger charge is -2.09. The average Bonchev–Trinajstić information content (AvgIpc) is 3.28. The molecule has 2 N–H and O–H groups in total. The lowest BCUT2D eigenvalue weighted by molar-refractivity contribution is 0.0499. The van der Waals surface area contributed by atoms with Crippen LogP contribution in [0.5, 0.6) is 11.5 Å². The van der Waals surface area contributed by atoms with Gasteiger partial charge in [-0.05, 0) is 42.8 Å². The highest BCUT2D eigenvalue weighted by Crippen LogP contribution is 2.31. The first-order valence-corrected chi connectivity index (χ1v) is 10.9. The Bertz CT molecular complexity index is 1070. The number of rotatable bonds is 10. The van der Waals surface area contributed by atoms with Crippen molar-refractivity contribution in [3.63, 3.8) is 0 Å². The molecule has 0 aliphatic rings. The third-order valence-corrected chi connectivity index (χ3v) is 5.24. The van der Waals surface area contributed by atoms with Crippen molar-refractivity contribution in [1.82, 2.24) is 4.98 Å². The van der Waals surface area contributed by atoms with E-state index >= 15 is 0 Å². The van der Waals surface area contributed by atoms with Gasteiger partial charge >= 0.3 is 5.97 Å². The van der Waals surface area contributed by atoms with Crippen LogP contribution in [0.25, 0.3) is 0 Å². The summed E-state index contributed by atoms with van der Waals surface area (Å²) in [5, 5.41) is 8.15. The van der Waals surface area contributed by atoms with Crippen LogP contribution in [-0.4, -0.2) is 37.7 Å². The third kappa shape index (κ3) is 5.98. The van der Waals surface area contributed by atoms with Gasteiger partial charge in [0.15, 0.2) is 16.6 Å². The van der Waals surface area contributed by atoms with Gasteiger partial charge in [-0.3, -0.25) is 4.79 Å². The van der Waals surface area contributed by atoms with Crippen LogP contribution >= 0.6 is 11.3 Å². The predicted octanol–water partition coefficient (Wildman–Crippen LogP) is 5.11. The maximum absolute atomic E-state index is 12.5. The van der Waals surface area contributed by atoms with Crippen LogP contribution in [0, 0.1) is 0 Å². The van der Waals surface area contributed by atoms with Crippen molar-refractivity contribution in [3.05, 3.63) is 59.1 Å². The molecule has 0 aliphatic heterocycles. The molecule has 0 radical (unpaired) electrons. The molecule has 1 aromatic heterocycles. The molecule has 0 bridgehead atoms. The first kappa shape index (κ1) is 23.1.